The third kappa shape index (κ3) is 4.71. The summed E-state index contributed by atoms with van der Waals surface area (Å²) in [5, 5.41) is 12.2. The first-order chi connectivity index (χ1) is 12.2. The van der Waals surface area contributed by atoms with Gasteiger partial charge in [0.05, 0.1) is 24.8 Å². The fourth-order valence-electron chi connectivity index (χ4n) is 2.08. The molecule has 0 aromatic carbocycles. The van der Waals surface area contributed by atoms with Gasteiger partial charge in [-0.1, -0.05) is 19.9 Å². The zero-order valence-corrected chi connectivity index (χ0v) is 16.1. The molecule has 2 aromatic rings. The van der Waals surface area contributed by atoms with Crippen LogP contribution < -0.4 is 4.74 Å². The number of carbonyl (C=O) groups excluding carboxylic acids is 1. The average Bonchev–Trinajstić information content (AvgIpc) is 3.17. The van der Waals surface area contributed by atoms with Gasteiger partial charge in [0.25, 0.3) is 0 Å². The molecule has 0 saturated heterocycles. The second-order valence-corrected chi connectivity index (χ2v) is 6.90. The molecule has 2 aromatic heterocycles. The number of ether oxygens (including phenoxy) is 2. The molecular weight excluding hydrogens is 336 g/mol. The Morgan fingerprint density at radius 1 is 1.38 bits per heavy atom. The van der Waals surface area contributed by atoms with Gasteiger partial charge in [-0.2, -0.15) is 5.10 Å². The van der Waals surface area contributed by atoms with Gasteiger partial charge < -0.3 is 13.9 Å². The summed E-state index contributed by atoms with van der Waals surface area (Å²) in [4.78, 5) is 12.1. The molecule has 0 amide bonds. The molecule has 26 heavy (non-hydrogen) atoms. The number of rotatable bonds is 8. The van der Waals surface area contributed by atoms with Crippen molar-refractivity contribution in [1.82, 2.24) is 20.0 Å². The molecule has 0 saturated carbocycles. The first-order valence-electron chi connectivity index (χ1n) is 8.62. The van der Waals surface area contributed by atoms with Gasteiger partial charge in [-0.05, 0) is 26.7 Å². The molecule has 0 bridgehead atoms. The Hall–Kier alpha value is -2.64. The minimum absolute atomic E-state index is 0.285. The maximum absolute atomic E-state index is 12.1. The number of hydrogen-bond acceptors (Lipinski definition) is 7. The Morgan fingerprint density at radius 2 is 2.12 bits per heavy atom. The normalized spacial score (nSPS) is 12.1. The fourth-order valence-corrected chi connectivity index (χ4v) is 2.08. The predicted molar refractivity (Wildman–Crippen MR) is 95.9 cm³/mol. The average molecular weight is 362 g/mol. The van der Waals surface area contributed by atoms with Crippen LogP contribution in [0.1, 0.15) is 56.8 Å². The van der Waals surface area contributed by atoms with Crippen LogP contribution in [0.5, 0.6) is 5.88 Å². The summed E-state index contributed by atoms with van der Waals surface area (Å²) in [6, 6.07) is 0. The van der Waals surface area contributed by atoms with Crippen molar-refractivity contribution in [3.8, 4) is 5.88 Å². The third-order valence-electron chi connectivity index (χ3n) is 3.51. The van der Waals surface area contributed by atoms with E-state index in [9.17, 15) is 4.79 Å². The zero-order valence-electron chi connectivity index (χ0n) is 16.1. The first-order valence-corrected chi connectivity index (χ1v) is 8.62. The van der Waals surface area contributed by atoms with Gasteiger partial charge in [0.2, 0.25) is 17.7 Å². The first kappa shape index (κ1) is 19.7. The van der Waals surface area contributed by atoms with Crippen LogP contribution in [-0.4, -0.2) is 39.2 Å². The van der Waals surface area contributed by atoms with Crippen molar-refractivity contribution in [3.05, 3.63) is 29.6 Å². The molecule has 0 aliphatic heterocycles. The highest BCUT2D eigenvalue weighted by Gasteiger charge is 2.25. The van der Waals surface area contributed by atoms with Crippen molar-refractivity contribution in [2.45, 2.75) is 47.0 Å². The fraction of sp³-hybridized carbons (Fsp3) is 0.556. The number of aromatic nitrogens is 4. The largest absolute Gasteiger partial charge is 0.477 e. The SMILES string of the molecule is CCOC(=O)c1cnn(C=CC(C)(C)c2nnc(C)o2)c1OCC(C)C. The van der Waals surface area contributed by atoms with Crippen LogP contribution in [0.3, 0.4) is 0 Å². The third-order valence-corrected chi connectivity index (χ3v) is 3.51. The molecule has 0 radical (unpaired) electrons. The molecule has 2 heterocycles. The molecule has 0 unspecified atom stereocenters. The summed E-state index contributed by atoms with van der Waals surface area (Å²) >= 11 is 0. The van der Waals surface area contributed by atoms with Gasteiger partial charge >= 0.3 is 5.97 Å². The van der Waals surface area contributed by atoms with Gasteiger partial charge in [0, 0.05) is 13.1 Å². The van der Waals surface area contributed by atoms with Crippen LogP contribution in [0.4, 0.5) is 0 Å². The number of esters is 1. The quantitative estimate of drug-likeness (QED) is 0.666. The molecule has 8 heteroatoms. The van der Waals surface area contributed by atoms with Crippen molar-refractivity contribution in [2.75, 3.05) is 13.2 Å². The summed E-state index contributed by atoms with van der Waals surface area (Å²) < 4.78 is 17.9. The van der Waals surface area contributed by atoms with Crippen LogP contribution in [0.15, 0.2) is 16.7 Å². The molecular formula is C18H26N4O4. The van der Waals surface area contributed by atoms with E-state index in [4.69, 9.17) is 13.9 Å². The number of carbonyl (C=O) groups is 1. The number of nitrogens with zero attached hydrogens (tertiary/aromatic N) is 4. The summed E-state index contributed by atoms with van der Waals surface area (Å²) in [5.41, 5.74) is -0.212. The topological polar surface area (TPSA) is 92.3 Å². The lowest BCUT2D eigenvalue weighted by molar-refractivity contribution is 0.0520. The second kappa shape index (κ2) is 8.16. The monoisotopic (exact) mass is 362 g/mol. The molecule has 0 fully saturated rings. The molecule has 142 valence electrons. The molecule has 0 spiro atoms. The lowest BCUT2D eigenvalue weighted by Gasteiger charge is -2.15. The standard InChI is InChI=1S/C18H26N4O4/c1-7-24-16(23)14-10-19-22(15(14)25-11-12(2)3)9-8-18(5,6)17-21-20-13(4)26-17/h8-10,12H,7,11H2,1-6H3. The highest BCUT2D eigenvalue weighted by molar-refractivity contribution is 5.92. The maximum Gasteiger partial charge on any atom is 0.345 e. The van der Waals surface area contributed by atoms with E-state index < -0.39 is 11.4 Å². The van der Waals surface area contributed by atoms with E-state index in [2.05, 4.69) is 15.3 Å². The molecule has 8 nitrogen and oxygen atoms in total. The minimum Gasteiger partial charge on any atom is -0.477 e. The second-order valence-electron chi connectivity index (χ2n) is 6.90. The lowest BCUT2D eigenvalue weighted by atomic mass is 9.94. The maximum atomic E-state index is 12.1. The lowest BCUT2D eigenvalue weighted by Crippen LogP contribution is -2.15. The summed E-state index contributed by atoms with van der Waals surface area (Å²) in [6.45, 7) is 12.2. The predicted octanol–water partition coefficient (Wildman–Crippen LogP) is 3.23. The molecule has 2 rings (SSSR count). The van der Waals surface area contributed by atoms with Gasteiger partial charge in [-0.25, -0.2) is 9.48 Å². The van der Waals surface area contributed by atoms with Crippen molar-refractivity contribution in [1.29, 1.82) is 0 Å². The highest BCUT2D eigenvalue weighted by atomic mass is 16.5. The highest BCUT2D eigenvalue weighted by Crippen LogP contribution is 2.26. The number of hydrogen-bond donors (Lipinski definition) is 0. The van der Waals surface area contributed by atoms with Crippen LogP contribution >= 0.6 is 0 Å². The van der Waals surface area contributed by atoms with Gasteiger partial charge in [0.1, 0.15) is 5.56 Å². The van der Waals surface area contributed by atoms with Crippen molar-refractivity contribution < 1.29 is 18.7 Å². The number of allylic oxidation sites excluding steroid dienone is 1. The van der Waals surface area contributed by atoms with Gasteiger partial charge in [-0.15, -0.1) is 10.2 Å². The molecule has 0 aliphatic rings. The Morgan fingerprint density at radius 3 is 2.69 bits per heavy atom. The van der Waals surface area contributed by atoms with Gasteiger partial charge in [-0.3, -0.25) is 0 Å². The van der Waals surface area contributed by atoms with E-state index in [0.717, 1.165) is 0 Å². The minimum atomic E-state index is -0.507. The van der Waals surface area contributed by atoms with E-state index in [-0.39, 0.29) is 6.61 Å². The summed E-state index contributed by atoms with van der Waals surface area (Å²) in [5.74, 6) is 1.19. The van der Waals surface area contributed by atoms with Crippen LogP contribution in [0, 0.1) is 12.8 Å². The smallest absolute Gasteiger partial charge is 0.345 e. The Labute approximate surface area is 153 Å². The zero-order chi connectivity index (χ0) is 19.3. The summed E-state index contributed by atoms with van der Waals surface area (Å²) in [6.07, 6.45) is 5.03. The van der Waals surface area contributed by atoms with E-state index in [1.165, 1.54) is 10.9 Å². The van der Waals surface area contributed by atoms with Crippen LogP contribution in [-0.2, 0) is 10.2 Å². The van der Waals surface area contributed by atoms with Crippen molar-refractivity contribution in [2.24, 2.45) is 5.92 Å². The Kier molecular flexibility index (Phi) is 6.18. The summed E-state index contributed by atoms with van der Waals surface area (Å²) in [7, 11) is 0. The van der Waals surface area contributed by atoms with E-state index >= 15 is 0 Å². The molecule has 0 N–H and O–H groups in total. The van der Waals surface area contributed by atoms with E-state index in [0.29, 0.717) is 35.7 Å². The van der Waals surface area contributed by atoms with Crippen molar-refractivity contribution >= 4 is 12.2 Å². The molecule has 0 atom stereocenters. The molecule has 0 aliphatic carbocycles. The Balaban J connectivity index is 2.31. The van der Waals surface area contributed by atoms with Gasteiger partial charge in [0.15, 0.2) is 0 Å². The van der Waals surface area contributed by atoms with Crippen LogP contribution in [0.25, 0.3) is 6.20 Å². The van der Waals surface area contributed by atoms with E-state index in [1.54, 1.807) is 20.0 Å². The van der Waals surface area contributed by atoms with Crippen LogP contribution in [0.2, 0.25) is 0 Å². The van der Waals surface area contributed by atoms with Crippen molar-refractivity contribution in [3.63, 3.8) is 0 Å². The van der Waals surface area contributed by atoms with E-state index in [1.807, 2.05) is 33.8 Å². The number of aryl methyl sites for hydroxylation is 1. The Bertz CT molecular complexity index is 774.